The van der Waals surface area contributed by atoms with Crippen LogP contribution in [0.15, 0.2) is 0 Å². The molecular weight excluding hydrogens is 208 g/mol. The van der Waals surface area contributed by atoms with Gasteiger partial charge in [0.05, 0.1) is 13.1 Å². The zero-order valence-electron chi connectivity index (χ0n) is 10.7. The van der Waals surface area contributed by atoms with Crippen LogP contribution in [-0.2, 0) is 14.3 Å². The molecule has 0 aromatic carbocycles. The molecule has 1 amide bonds. The topological polar surface area (TPSA) is 72.6 Å². The third kappa shape index (κ3) is 7.23. The van der Waals surface area contributed by atoms with Crippen molar-refractivity contribution in [1.29, 1.82) is 0 Å². The molecule has 0 aliphatic rings. The Balaban J connectivity index is 4.30. The van der Waals surface area contributed by atoms with E-state index in [0.29, 0.717) is 0 Å². The van der Waals surface area contributed by atoms with Gasteiger partial charge in [-0.25, -0.2) is 0 Å². The number of carbonyl (C=O) groups excluding carboxylic acids is 2. The van der Waals surface area contributed by atoms with E-state index in [1.807, 2.05) is 13.8 Å². The number of hydrogen-bond donors (Lipinski definition) is 1. The molecule has 0 rings (SSSR count). The molecule has 0 unspecified atom stereocenters. The molecule has 2 N–H and O–H groups in total. The van der Waals surface area contributed by atoms with Crippen LogP contribution in [0.4, 0.5) is 0 Å². The molecule has 16 heavy (non-hydrogen) atoms. The highest BCUT2D eigenvalue weighted by Crippen LogP contribution is 2.08. The summed E-state index contributed by atoms with van der Waals surface area (Å²) >= 11 is 0. The third-order valence-corrected chi connectivity index (χ3v) is 1.84. The number of amides is 1. The van der Waals surface area contributed by atoms with E-state index in [2.05, 4.69) is 0 Å². The Labute approximate surface area is 96.9 Å². The highest BCUT2D eigenvalue weighted by Gasteiger charge is 2.21. The summed E-state index contributed by atoms with van der Waals surface area (Å²) in [6.07, 6.45) is 0. The number of carbonyl (C=O) groups is 2. The molecular formula is C11H22N2O3. The van der Waals surface area contributed by atoms with Gasteiger partial charge in [-0.1, -0.05) is 0 Å². The summed E-state index contributed by atoms with van der Waals surface area (Å²) in [7, 11) is 0. The van der Waals surface area contributed by atoms with Gasteiger partial charge in [0, 0.05) is 6.04 Å². The zero-order valence-corrected chi connectivity index (χ0v) is 10.7. The van der Waals surface area contributed by atoms with Gasteiger partial charge in [-0.15, -0.1) is 0 Å². The van der Waals surface area contributed by atoms with Gasteiger partial charge in [0.1, 0.15) is 5.60 Å². The Morgan fingerprint density at radius 3 is 2.06 bits per heavy atom. The Morgan fingerprint density at radius 1 is 1.25 bits per heavy atom. The first-order valence-electron chi connectivity index (χ1n) is 5.36. The van der Waals surface area contributed by atoms with Crippen LogP contribution < -0.4 is 5.73 Å². The van der Waals surface area contributed by atoms with E-state index in [1.165, 1.54) is 0 Å². The smallest absolute Gasteiger partial charge is 0.320 e. The van der Waals surface area contributed by atoms with Crippen LogP contribution in [0.25, 0.3) is 0 Å². The number of esters is 1. The van der Waals surface area contributed by atoms with E-state index in [0.717, 1.165) is 0 Å². The summed E-state index contributed by atoms with van der Waals surface area (Å²) in [4.78, 5) is 24.0. The number of hydrogen-bond acceptors (Lipinski definition) is 4. The summed E-state index contributed by atoms with van der Waals surface area (Å²) in [5.74, 6) is -0.792. The molecule has 0 heterocycles. The highest BCUT2D eigenvalue weighted by atomic mass is 16.6. The lowest BCUT2D eigenvalue weighted by Gasteiger charge is -2.26. The fourth-order valence-electron chi connectivity index (χ4n) is 1.16. The maximum absolute atomic E-state index is 11.5. The molecule has 5 nitrogen and oxygen atoms in total. The second-order valence-electron chi connectivity index (χ2n) is 5.05. The van der Waals surface area contributed by atoms with Crippen LogP contribution >= 0.6 is 0 Å². The molecule has 0 fully saturated rings. The number of rotatable bonds is 5. The first kappa shape index (κ1) is 14.9. The number of nitrogens with two attached hydrogens (primary N) is 1. The lowest BCUT2D eigenvalue weighted by molar-refractivity contribution is -0.156. The van der Waals surface area contributed by atoms with Gasteiger partial charge in [-0.2, -0.15) is 0 Å². The van der Waals surface area contributed by atoms with Gasteiger partial charge in [-0.05, 0) is 34.6 Å². The molecule has 5 heteroatoms. The van der Waals surface area contributed by atoms with Gasteiger partial charge >= 0.3 is 5.97 Å². The Kier molecular flexibility index (Phi) is 5.44. The van der Waals surface area contributed by atoms with Crippen molar-refractivity contribution in [2.45, 2.75) is 46.3 Å². The van der Waals surface area contributed by atoms with E-state index in [9.17, 15) is 9.59 Å². The summed E-state index contributed by atoms with van der Waals surface area (Å²) in [6, 6.07) is 0.0695. The van der Waals surface area contributed by atoms with Crippen molar-refractivity contribution < 1.29 is 14.3 Å². The monoisotopic (exact) mass is 230 g/mol. The maximum Gasteiger partial charge on any atom is 0.320 e. The van der Waals surface area contributed by atoms with Gasteiger partial charge < -0.3 is 10.5 Å². The quantitative estimate of drug-likeness (QED) is 0.699. The van der Waals surface area contributed by atoms with Gasteiger partial charge in [0.15, 0.2) is 0 Å². The molecule has 0 atom stereocenters. The minimum atomic E-state index is -0.507. The van der Waals surface area contributed by atoms with Crippen molar-refractivity contribution in [2.75, 3.05) is 13.1 Å². The lowest BCUT2D eigenvalue weighted by Crippen LogP contribution is -2.43. The predicted octanol–water partition coefficient (Wildman–Crippen LogP) is 0.524. The molecule has 0 aromatic heterocycles. The summed E-state index contributed by atoms with van der Waals surface area (Å²) < 4.78 is 5.17. The third-order valence-electron chi connectivity index (χ3n) is 1.84. The molecule has 0 radical (unpaired) electrons. The number of primary amides is 1. The first-order valence-corrected chi connectivity index (χ1v) is 5.36. The van der Waals surface area contributed by atoms with E-state index in [4.69, 9.17) is 10.5 Å². The van der Waals surface area contributed by atoms with Crippen molar-refractivity contribution in [3.63, 3.8) is 0 Å². The van der Waals surface area contributed by atoms with Crippen molar-refractivity contribution >= 4 is 11.9 Å². The molecule has 94 valence electrons. The molecule has 0 aliphatic heterocycles. The van der Waals surface area contributed by atoms with Crippen molar-refractivity contribution in [2.24, 2.45) is 5.73 Å². The first-order chi connectivity index (χ1) is 7.11. The molecule has 0 spiro atoms. The fraction of sp³-hybridized carbons (Fsp3) is 0.818. The molecule has 0 bridgehead atoms. The van der Waals surface area contributed by atoms with Crippen LogP contribution in [0.3, 0.4) is 0 Å². The van der Waals surface area contributed by atoms with E-state index >= 15 is 0 Å². The van der Waals surface area contributed by atoms with Crippen LogP contribution in [0.1, 0.15) is 34.6 Å². The average Bonchev–Trinajstić information content (AvgIpc) is 1.97. The van der Waals surface area contributed by atoms with Crippen molar-refractivity contribution in [3.8, 4) is 0 Å². The highest BCUT2D eigenvalue weighted by molar-refractivity contribution is 5.77. The molecule has 0 aromatic rings. The molecule has 0 aliphatic carbocycles. The van der Waals surface area contributed by atoms with E-state index < -0.39 is 11.5 Å². The van der Waals surface area contributed by atoms with Crippen molar-refractivity contribution in [1.82, 2.24) is 4.90 Å². The maximum atomic E-state index is 11.5. The van der Waals surface area contributed by atoms with E-state index in [-0.39, 0.29) is 25.1 Å². The molecule has 0 saturated carbocycles. The van der Waals surface area contributed by atoms with Crippen LogP contribution in [0.2, 0.25) is 0 Å². The fourth-order valence-corrected chi connectivity index (χ4v) is 1.16. The predicted molar refractivity (Wildman–Crippen MR) is 61.7 cm³/mol. The van der Waals surface area contributed by atoms with E-state index in [1.54, 1.807) is 25.7 Å². The Bertz CT molecular complexity index is 256. The average molecular weight is 230 g/mol. The summed E-state index contributed by atoms with van der Waals surface area (Å²) in [5, 5.41) is 0. The minimum Gasteiger partial charge on any atom is -0.459 e. The summed E-state index contributed by atoms with van der Waals surface area (Å²) in [6.45, 7) is 9.35. The van der Waals surface area contributed by atoms with Gasteiger partial charge in [-0.3, -0.25) is 14.5 Å². The minimum absolute atomic E-state index is 0.0664. The Hall–Kier alpha value is -1.10. The zero-order chi connectivity index (χ0) is 12.9. The second kappa shape index (κ2) is 5.84. The SMILES string of the molecule is CC(C)N(CC(N)=O)CC(=O)OC(C)(C)C. The number of nitrogens with zero attached hydrogens (tertiary/aromatic N) is 1. The normalized spacial score (nSPS) is 11.9. The van der Waals surface area contributed by atoms with Crippen LogP contribution in [-0.4, -0.2) is 41.5 Å². The van der Waals surface area contributed by atoms with Crippen LogP contribution in [0, 0.1) is 0 Å². The lowest BCUT2D eigenvalue weighted by atomic mass is 10.2. The van der Waals surface area contributed by atoms with Crippen LogP contribution in [0.5, 0.6) is 0 Å². The largest absolute Gasteiger partial charge is 0.459 e. The number of ether oxygens (including phenoxy) is 1. The summed E-state index contributed by atoms with van der Waals surface area (Å²) in [5.41, 5.74) is 4.59. The Morgan fingerprint density at radius 2 is 1.75 bits per heavy atom. The molecule has 0 saturated heterocycles. The van der Waals surface area contributed by atoms with Gasteiger partial charge in [0.25, 0.3) is 0 Å². The standard InChI is InChI=1S/C11H22N2O3/c1-8(2)13(6-9(12)14)7-10(15)16-11(3,4)5/h8H,6-7H2,1-5H3,(H2,12,14). The second-order valence-corrected chi connectivity index (χ2v) is 5.05. The van der Waals surface area contributed by atoms with Gasteiger partial charge in [0.2, 0.25) is 5.91 Å². The van der Waals surface area contributed by atoms with Crippen molar-refractivity contribution in [3.05, 3.63) is 0 Å².